The lowest BCUT2D eigenvalue weighted by Crippen LogP contribution is -2.43. The van der Waals surface area contributed by atoms with Crippen LogP contribution in [0.15, 0.2) is 0 Å². The Balaban J connectivity index is 2.60. The lowest BCUT2D eigenvalue weighted by atomic mass is 10.1. The molecule has 0 spiro atoms. The van der Waals surface area contributed by atoms with Crippen molar-refractivity contribution in [2.24, 2.45) is 0 Å². The summed E-state index contributed by atoms with van der Waals surface area (Å²) in [6, 6.07) is 0. The van der Waals surface area contributed by atoms with E-state index in [2.05, 4.69) is 0 Å². The molecule has 0 aromatic rings. The molecule has 1 atom stereocenters. The average molecular weight is 228 g/mol. The average Bonchev–Trinajstić information content (AvgIpc) is 2.04. The van der Waals surface area contributed by atoms with Crippen LogP contribution in [0.1, 0.15) is 12.8 Å². The number of nitrogens with zero attached hydrogens (tertiary/aromatic N) is 1. The van der Waals surface area contributed by atoms with Crippen LogP contribution in [0.5, 0.6) is 0 Å². The molecule has 0 bridgehead atoms. The molecule has 1 unspecified atom stereocenters. The van der Waals surface area contributed by atoms with Gasteiger partial charge in [-0.1, -0.05) is 0 Å². The monoisotopic (exact) mass is 227 g/mol. The van der Waals surface area contributed by atoms with E-state index in [1.165, 1.54) is 4.31 Å². The van der Waals surface area contributed by atoms with Crippen LogP contribution in [0.4, 0.5) is 0 Å². The molecule has 1 aliphatic heterocycles. The van der Waals surface area contributed by atoms with E-state index in [-0.39, 0.29) is 18.2 Å². The maximum Gasteiger partial charge on any atom is 0.215 e. The summed E-state index contributed by atoms with van der Waals surface area (Å²) in [6.45, 7) is 0.732. The first kappa shape index (κ1) is 11.2. The number of hydrogen-bond acceptors (Lipinski definition) is 3. The Kier molecular flexibility index (Phi) is 3.97. The van der Waals surface area contributed by atoms with E-state index in [4.69, 9.17) is 11.6 Å². The number of aliphatic hydroxyl groups is 1. The number of rotatable bonds is 3. The van der Waals surface area contributed by atoms with Crippen molar-refractivity contribution in [3.8, 4) is 0 Å². The molecular weight excluding hydrogens is 214 g/mol. The summed E-state index contributed by atoms with van der Waals surface area (Å²) in [5, 5.41) is 9.27. The number of sulfonamides is 1. The van der Waals surface area contributed by atoms with Gasteiger partial charge >= 0.3 is 0 Å². The third-order valence-corrected chi connectivity index (χ3v) is 4.34. The first-order valence-corrected chi connectivity index (χ1v) is 6.42. The molecule has 1 fully saturated rings. The van der Waals surface area contributed by atoms with Gasteiger partial charge in [0.15, 0.2) is 0 Å². The van der Waals surface area contributed by atoms with Gasteiger partial charge in [-0.15, -0.1) is 11.6 Å². The first-order chi connectivity index (χ1) is 6.06. The molecule has 1 saturated heterocycles. The number of piperidine rings is 1. The zero-order chi connectivity index (χ0) is 9.90. The Morgan fingerprint density at radius 2 is 2.23 bits per heavy atom. The molecule has 0 amide bonds. The molecule has 13 heavy (non-hydrogen) atoms. The van der Waals surface area contributed by atoms with Crippen LogP contribution in [-0.2, 0) is 10.0 Å². The maximum absolute atomic E-state index is 11.5. The Hall–Kier alpha value is 0.160. The summed E-state index contributed by atoms with van der Waals surface area (Å²) < 4.78 is 24.2. The summed E-state index contributed by atoms with van der Waals surface area (Å²) in [5.41, 5.74) is 0. The quantitative estimate of drug-likeness (QED) is 0.692. The van der Waals surface area contributed by atoms with Gasteiger partial charge in [-0.25, -0.2) is 8.42 Å². The Morgan fingerprint density at radius 3 is 2.77 bits per heavy atom. The second kappa shape index (κ2) is 4.59. The summed E-state index contributed by atoms with van der Waals surface area (Å²) in [4.78, 5) is 0. The van der Waals surface area contributed by atoms with Gasteiger partial charge in [-0.05, 0) is 12.8 Å². The summed E-state index contributed by atoms with van der Waals surface area (Å²) in [6.07, 6.45) is 0.897. The lowest BCUT2D eigenvalue weighted by Gasteiger charge is -2.28. The van der Waals surface area contributed by atoms with E-state index in [0.717, 1.165) is 6.42 Å². The van der Waals surface area contributed by atoms with Gasteiger partial charge < -0.3 is 5.11 Å². The predicted octanol–water partition coefficient (Wildman–Crippen LogP) is 0.0117. The van der Waals surface area contributed by atoms with Crippen LogP contribution in [-0.4, -0.2) is 48.7 Å². The maximum atomic E-state index is 11.5. The van der Waals surface area contributed by atoms with Crippen LogP contribution in [0.25, 0.3) is 0 Å². The van der Waals surface area contributed by atoms with Crippen LogP contribution in [0, 0.1) is 0 Å². The zero-order valence-corrected chi connectivity index (χ0v) is 8.89. The van der Waals surface area contributed by atoms with Gasteiger partial charge in [-0.3, -0.25) is 0 Å². The normalized spacial score (nSPS) is 26.2. The van der Waals surface area contributed by atoms with Gasteiger partial charge in [-0.2, -0.15) is 4.31 Å². The van der Waals surface area contributed by atoms with E-state index in [1.807, 2.05) is 0 Å². The minimum Gasteiger partial charge on any atom is -0.392 e. The van der Waals surface area contributed by atoms with Gasteiger partial charge in [0.1, 0.15) is 0 Å². The third-order valence-electron chi connectivity index (χ3n) is 2.09. The van der Waals surface area contributed by atoms with E-state index < -0.39 is 16.1 Å². The van der Waals surface area contributed by atoms with Crippen LogP contribution < -0.4 is 0 Å². The van der Waals surface area contributed by atoms with Crippen molar-refractivity contribution in [1.29, 1.82) is 0 Å². The highest BCUT2D eigenvalue weighted by atomic mass is 35.5. The van der Waals surface area contributed by atoms with Gasteiger partial charge in [0.2, 0.25) is 10.0 Å². The molecule has 0 aromatic heterocycles. The van der Waals surface area contributed by atoms with Crippen LogP contribution in [0.3, 0.4) is 0 Å². The molecule has 0 radical (unpaired) electrons. The van der Waals surface area contributed by atoms with E-state index in [1.54, 1.807) is 0 Å². The van der Waals surface area contributed by atoms with Gasteiger partial charge in [0.05, 0.1) is 11.9 Å². The molecule has 1 aliphatic rings. The smallest absolute Gasteiger partial charge is 0.215 e. The van der Waals surface area contributed by atoms with Crippen molar-refractivity contribution in [2.45, 2.75) is 18.9 Å². The fraction of sp³-hybridized carbons (Fsp3) is 1.00. The third kappa shape index (κ3) is 3.09. The zero-order valence-electron chi connectivity index (χ0n) is 7.32. The number of halogens is 1. The van der Waals surface area contributed by atoms with Crippen molar-refractivity contribution in [3.05, 3.63) is 0 Å². The highest BCUT2D eigenvalue weighted by Crippen LogP contribution is 2.14. The minimum atomic E-state index is -3.22. The molecular formula is C7H14ClNO3S. The Bertz CT molecular complexity index is 254. The van der Waals surface area contributed by atoms with Crippen molar-refractivity contribution in [3.63, 3.8) is 0 Å². The Labute approximate surface area is 83.5 Å². The topological polar surface area (TPSA) is 57.6 Å². The standard InChI is InChI=1S/C7H14ClNO3S/c8-3-5-13(11,12)9-4-1-2-7(10)6-9/h7,10H,1-6H2. The number of alkyl halides is 1. The van der Waals surface area contributed by atoms with Crippen molar-refractivity contribution in [1.82, 2.24) is 4.31 Å². The lowest BCUT2D eigenvalue weighted by molar-refractivity contribution is 0.108. The Morgan fingerprint density at radius 1 is 1.54 bits per heavy atom. The number of β-amino-alcohol motifs (C(OH)–C–C–N with tert-alkyl or cyclic N) is 1. The highest BCUT2D eigenvalue weighted by Gasteiger charge is 2.26. The second-order valence-electron chi connectivity index (χ2n) is 3.16. The molecule has 1 heterocycles. The SMILES string of the molecule is O=S(=O)(CCCl)N1CCCC(O)C1. The molecule has 1 N–H and O–H groups in total. The summed E-state index contributed by atoms with van der Waals surface area (Å²) >= 11 is 5.37. The molecule has 78 valence electrons. The molecule has 1 rings (SSSR count). The predicted molar refractivity (Wildman–Crippen MR) is 51.3 cm³/mol. The molecule has 0 aliphatic carbocycles. The van der Waals surface area contributed by atoms with Gasteiger partial charge in [0, 0.05) is 19.0 Å². The van der Waals surface area contributed by atoms with E-state index >= 15 is 0 Å². The van der Waals surface area contributed by atoms with Crippen LogP contribution in [0.2, 0.25) is 0 Å². The van der Waals surface area contributed by atoms with Crippen LogP contribution >= 0.6 is 11.6 Å². The fourth-order valence-corrected chi connectivity index (χ4v) is 3.24. The van der Waals surface area contributed by atoms with Crippen molar-refractivity contribution < 1.29 is 13.5 Å². The molecule has 6 heteroatoms. The van der Waals surface area contributed by atoms with Crippen molar-refractivity contribution >= 4 is 21.6 Å². The fourth-order valence-electron chi connectivity index (χ4n) is 1.40. The number of aliphatic hydroxyl groups excluding tert-OH is 1. The molecule has 0 saturated carbocycles. The molecule has 0 aromatic carbocycles. The van der Waals surface area contributed by atoms with Crippen molar-refractivity contribution in [2.75, 3.05) is 24.7 Å². The van der Waals surface area contributed by atoms with Gasteiger partial charge in [0.25, 0.3) is 0 Å². The minimum absolute atomic E-state index is 0.0404. The molecule has 4 nitrogen and oxygen atoms in total. The second-order valence-corrected chi connectivity index (χ2v) is 5.63. The van der Waals surface area contributed by atoms with E-state index in [9.17, 15) is 13.5 Å². The highest BCUT2D eigenvalue weighted by molar-refractivity contribution is 7.89. The summed E-state index contributed by atoms with van der Waals surface area (Å²) in [7, 11) is -3.22. The van der Waals surface area contributed by atoms with E-state index in [0.29, 0.717) is 13.0 Å². The first-order valence-electron chi connectivity index (χ1n) is 4.28. The largest absolute Gasteiger partial charge is 0.392 e. The summed E-state index contributed by atoms with van der Waals surface area (Å²) in [5.74, 6) is 0.0657. The number of hydrogen-bond donors (Lipinski definition) is 1.